The fourth-order valence-electron chi connectivity index (χ4n) is 3.26. The molecule has 0 aliphatic carbocycles. The van der Waals surface area contributed by atoms with Gasteiger partial charge in [0, 0.05) is 35.6 Å². The van der Waals surface area contributed by atoms with Crippen LogP contribution in [0.5, 0.6) is 0 Å². The molecule has 0 fully saturated rings. The monoisotopic (exact) mass is 434 g/mol. The van der Waals surface area contributed by atoms with Crippen LogP contribution in [-0.2, 0) is 14.1 Å². The van der Waals surface area contributed by atoms with Crippen molar-refractivity contribution >= 4 is 35.1 Å². The number of aromatic nitrogens is 2. The van der Waals surface area contributed by atoms with Crippen molar-refractivity contribution < 1.29 is 0 Å². The van der Waals surface area contributed by atoms with Crippen molar-refractivity contribution in [3.8, 4) is 0 Å². The predicted molar refractivity (Wildman–Crippen MR) is 152 cm³/mol. The Hall–Kier alpha value is -3.00. The Balaban J connectivity index is 0. The predicted octanol–water partition coefficient (Wildman–Crippen LogP) is 7.71. The van der Waals surface area contributed by atoms with Crippen LogP contribution in [0.15, 0.2) is 61.8 Å². The number of fused-ring (bicyclic) bond motifs is 1. The molecular weight excluding hydrogens is 388 g/mol. The molecule has 2 heteroatoms. The van der Waals surface area contributed by atoms with Crippen LogP contribution in [0.4, 0.5) is 0 Å². The lowest BCUT2D eigenvalue weighted by atomic mass is 10.1. The summed E-state index contributed by atoms with van der Waals surface area (Å²) in [5, 5.41) is 4.10. The summed E-state index contributed by atoms with van der Waals surface area (Å²) >= 11 is 0. The third kappa shape index (κ3) is 6.75. The maximum Gasteiger partial charge on any atom is 0.0583 e. The van der Waals surface area contributed by atoms with E-state index in [0.29, 0.717) is 0 Å². The molecule has 0 aliphatic heterocycles. The minimum absolute atomic E-state index is 0.935. The molecule has 2 nitrogen and oxygen atoms in total. The number of hydrogen-bond donors (Lipinski definition) is 0. The summed E-state index contributed by atoms with van der Waals surface area (Å²) in [7, 11) is 4.06. The van der Waals surface area contributed by atoms with Gasteiger partial charge in [0.15, 0.2) is 0 Å². The van der Waals surface area contributed by atoms with E-state index in [1.165, 1.54) is 0 Å². The molecule has 0 amide bonds. The van der Waals surface area contributed by atoms with Crippen LogP contribution in [0, 0.1) is 0 Å². The minimum atomic E-state index is 0.935. The summed E-state index contributed by atoms with van der Waals surface area (Å²) in [4.78, 5) is 0. The highest BCUT2D eigenvalue weighted by atomic mass is 15.0. The number of allylic oxidation sites excluding steroid dienone is 10. The zero-order valence-electron chi connectivity index (χ0n) is 22.3. The van der Waals surface area contributed by atoms with E-state index in [0.717, 1.165) is 44.0 Å². The van der Waals surface area contributed by atoms with Crippen LogP contribution in [0.25, 0.3) is 35.1 Å². The van der Waals surface area contributed by atoms with Gasteiger partial charge in [0.1, 0.15) is 0 Å². The number of nitrogens with zero attached hydrogens (tertiary/aromatic N) is 2. The van der Waals surface area contributed by atoms with Crippen LogP contribution in [0.1, 0.15) is 66.8 Å². The van der Waals surface area contributed by atoms with Gasteiger partial charge in [-0.25, -0.2) is 0 Å². The molecule has 0 aromatic carbocycles. The summed E-state index contributed by atoms with van der Waals surface area (Å²) in [6.07, 6.45) is 16.0. The zero-order valence-corrected chi connectivity index (χ0v) is 22.3. The largest absolute Gasteiger partial charge is 0.343 e. The standard InChI is InChI=1S/C24H28N2.3C2H6/c1-9-12-14-15-17(4)23-21-18(5)26(8)24(20(11-3)16-13-10-2)22(21)19(6)25(23)7;3*1-2/h9-16H,3-6H2,1-2,7-8H3;3*1-2H3/b12-9-,13-10-,15-14-,20-16+;;;. The van der Waals surface area contributed by atoms with Gasteiger partial charge in [-0.15, -0.1) is 0 Å². The van der Waals surface area contributed by atoms with Crippen molar-refractivity contribution in [3.63, 3.8) is 0 Å². The molecule has 0 aliphatic rings. The molecule has 0 N–H and O–H groups in total. The third-order valence-corrected chi connectivity index (χ3v) is 4.65. The molecule has 2 heterocycles. The average Bonchev–Trinajstić information content (AvgIpc) is 3.24. The number of hydrogen-bond acceptors (Lipinski definition) is 0. The fraction of sp³-hybridized carbons (Fsp3) is 0.333. The Labute approximate surface area is 197 Å². The van der Waals surface area contributed by atoms with E-state index in [4.69, 9.17) is 0 Å². The van der Waals surface area contributed by atoms with Crippen molar-refractivity contribution in [1.29, 1.82) is 0 Å². The SMILES string of the molecule is C=C/C(=C\C=C/C)c1c2c(=C)n(C)c(C(=C)/C=C\C=C/C)c2c(=C)n1C.CC.CC.CC. The summed E-state index contributed by atoms with van der Waals surface area (Å²) in [6, 6.07) is 0. The fourth-order valence-corrected chi connectivity index (χ4v) is 3.26. The molecule has 2 aromatic rings. The molecule has 0 bridgehead atoms. The van der Waals surface area contributed by atoms with Crippen LogP contribution >= 0.6 is 0 Å². The highest BCUT2D eigenvalue weighted by molar-refractivity contribution is 6.02. The lowest BCUT2D eigenvalue weighted by molar-refractivity contribution is 0.859. The Morgan fingerprint density at radius 1 is 0.719 bits per heavy atom. The van der Waals surface area contributed by atoms with Crippen LogP contribution in [0.3, 0.4) is 0 Å². The Morgan fingerprint density at radius 3 is 1.59 bits per heavy atom. The number of rotatable bonds is 6. The quantitative estimate of drug-likeness (QED) is 0.412. The molecule has 0 saturated heterocycles. The first-order chi connectivity index (χ1) is 15.4. The molecule has 0 saturated carbocycles. The molecule has 0 atom stereocenters. The van der Waals surface area contributed by atoms with Crippen LogP contribution in [-0.4, -0.2) is 9.13 Å². The Bertz CT molecular complexity index is 1070. The van der Waals surface area contributed by atoms with Gasteiger partial charge < -0.3 is 9.13 Å². The second-order valence-electron chi connectivity index (χ2n) is 6.22. The van der Waals surface area contributed by atoms with E-state index in [-0.39, 0.29) is 0 Å². The Morgan fingerprint density at radius 2 is 1.16 bits per heavy atom. The van der Waals surface area contributed by atoms with Gasteiger partial charge in [-0.3, -0.25) is 0 Å². The van der Waals surface area contributed by atoms with E-state index in [2.05, 4.69) is 41.5 Å². The first kappa shape index (κ1) is 31.2. The van der Waals surface area contributed by atoms with Crippen molar-refractivity contribution in [2.24, 2.45) is 14.1 Å². The van der Waals surface area contributed by atoms with E-state index >= 15 is 0 Å². The van der Waals surface area contributed by atoms with Crippen LogP contribution in [0.2, 0.25) is 0 Å². The molecule has 2 aromatic heterocycles. The normalized spacial score (nSPS) is 11.1. The lowest BCUT2D eigenvalue weighted by Crippen LogP contribution is -2.18. The zero-order chi connectivity index (χ0) is 25.4. The molecule has 176 valence electrons. The van der Waals surface area contributed by atoms with Gasteiger partial charge >= 0.3 is 0 Å². The van der Waals surface area contributed by atoms with E-state index in [1.807, 2.05) is 112 Å². The smallest absolute Gasteiger partial charge is 0.0583 e. The summed E-state index contributed by atoms with van der Waals surface area (Å²) in [6.45, 7) is 32.9. The topological polar surface area (TPSA) is 9.86 Å². The van der Waals surface area contributed by atoms with Gasteiger partial charge in [-0.05, 0) is 25.0 Å². The minimum Gasteiger partial charge on any atom is -0.343 e. The Kier molecular flexibility index (Phi) is 16.2. The maximum atomic E-state index is 4.32. The maximum absolute atomic E-state index is 4.32. The second kappa shape index (κ2) is 16.7. The summed E-state index contributed by atoms with van der Waals surface area (Å²) in [5.41, 5.74) is 4.11. The van der Waals surface area contributed by atoms with Gasteiger partial charge in [-0.2, -0.15) is 0 Å². The van der Waals surface area contributed by atoms with Crippen molar-refractivity contribution in [1.82, 2.24) is 9.13 Å². The lowest BCUT2D eigenvalue weighted by Gasteiger charge is -2.07. The van der Waals surface area contributed by atoms with E-state index in [9.17, 15) is 0 Å². The van der Waals surface area contributed by atoms with Gasteiger partial charge in [0.25, 0.3) is 0 Å². The van der Waals surface area contributed by atoms with Crippen molar-refractivity contribution in [3.05, 3.63) is 83.9 Å². The van der Waals surface area contributed by atoms with Crippen LogP contribution < -0.4 is 10.7 Å². The average molecular weight is 435 g/mol. The van der Waals surface area contributed by atoms with E-state index < -0.39 is 0 Å². The second-order valence-corrected chi connectivity index (χ2v) is 6.22. The van der Waals surface area contributed by atoms with Gasteiger partial charge in [0.2, 0.25) is 0 Å². The molecule has 0 spiro atoms. The molecule has 2 rings (SSSR count). The molecular formula is C30H46N2. The third-order valence-electron chi connectivity index (χ3n) is 4.65. The summed E-state index contributed by atoms with van der Waals surface area (Å²) < 4.78 is 4.21. The summed E-state index contributed by atoms with van der Waals surface area (Å²) in [5.74, 6) is 0. The van der Waals surface area contributed by atoms with E-state index in [1.54, 1.807) is 0 Å². The molecule has 0 unspecified atom stereocenters. The highest BCUT2D eigenvalue weighted by Gasteiger charge is 2.20. The van der Waals surface area contributed by atoms with Crippen molar-refractivity contribution in [2.45, 2.75) is 55.4 Å². The molecule has 0 radical (unpaired) electrons. The molecule has 32 heavy (non-hydrogen) atoms. The van der Waals surface area contributed by atoms with Crippen molar-refractivity contribution in [2.75, 3.05) is 0 Å². The van der Waals surface area contributed by atoms with Gasteiger partial charge in [0.05, 0.1) is 11.4 Å². The first-order valence-corrected chi connectivity index (χ1v) is 11.7. The highest BCUT2D eigenvalue weighted by Crippen LogP contribution is 2.28. The first-order valence-electron chi connectivity index (χ1n) is 11.7. The van der Waals surface area contributed by atoms with Gasteiger partial charge in [-0.1, -0.05) is 116 Å².